The Morgan fingerprint density at radius 2 is 2.25 bits per heavy atom. The maximum Gasteiger partial charge on any atom is 0.165 e. The van der Waals surface area contributed by atoms with Crippen LogP contribution in [-0.4, -0.2) is 37.7 Å². The summed E-state index contributed by atoms with van der Waals surface area (Å²) in [7, 11) is 1.49. The van der Waals surface area contributed by atoms with Gasteiger partial charge in [-0.1, -0.05) is 19.9 Å². The Balaban J connectivity index is 1.93. The highest BCUT2D eigenvalue weighted by atomic mass is 19.1. The average Bonchev–Trinajstić information content (AvgIpc) is 2.42. The van der Waals surface area contributed by atoms with E-state index >= 15 is 0 Å². The first-order valence-electron chi connectivity index (χ1n) is 7.42. The quantitative estimate of drug-likeness (QED) is 0.897. The monoisotopic (exact) mass is 280 g/mol. The van der Waals surface area contributed by atoms with Crippen molar-refractivity contribution in [3.63, 3.8) is 0 Å². The highest BCUT2D eigenvalue weighted by Crippen LogP contribution is 2.22. The highest BCUT2D eigenvalue weighted by molar-refractivity contribution is 5.29. The van der Waals surface area contributed by atoms with Gasteiger partial charge < -0.3 is 10.1 Å². The van der Waals surface area contributed by atoms with Crippen molar-refractivity contribution in [2.45, 2.75) is 32.9 Å². The second-order valence-corrected chi connectivity index (χ2v) is 5.63. The van der Waals surface area contributed by atoms with Crippen molar-refractivity contribution >= 4 is 0 Å². The standard InChI is InChI=1S/C16H25FN2O/c1-4-18-15-7-8-19(10-12(15)2)11-13-5-6-16(20-3)14(17)9-13/h5-6,9,12,15,18H,4,7-8,10-11H2,1-3H3. The molecule has 0 aromatic heterocycles. The third-order valence-electron chi connectivity index (χ3n) is 4.08. The third kappa shape index (κ3) is 3.70. The molecule has 1 fully saturated rings. The van der Waals surface area contributed by atoms with Crippen molar-refractivity contribution in [2.24, 2.45) is 5.92 Å². The van der Waals surface area contributed by atoms with E-state index in [1.807, 2.05) is 6.07 Å². The van der Waals surface area contributed by atoms with Gasteiger partial charge in [-0.05, 0) is 43.1 Å². The molecule has 1 aliphatic rings. The Hall–Kier alpha value is -1.13. The Bertz CT molecular complexity index is 438. The topological polar surface area (TPSA) is 24.5 Å². The molecule has 4 heteroatoms. The molecule has 0 bridgehead atoms. The SMILES string of the molecule is CCNC1CCN(Cc2ccc(OC)c(F)c2)CC1C. The molecule has 2 atom stereocenters. The Kier molecular flexibility index (Phi) is 5.38. The molecule has 20 heavy (non-hydrogen) atoms. The number of piperidine rings is 1. The zero-order chi connectivity index (χ0) is 14.5. The predicted octanol–water partition coefficient (Wildman–Crippen LogP) is 2.65. The van der Waals surface area contributed by atoms with Crippen LogP contribution in [0, 0.1) is 11.7 Å². The Morgan fingerprint density at radius 3 is 2.85 bits per heavy atom. The Morgan fingerprint density at radius 1 is 1.45 bits per heavy atom. The fraction of sp³-hybridized carbons (Fsp3) is 0.625. The number of hydrogen-bond acceptors (Lipinski definition) is 3. The molecule has 2 rings (SSSR count). The summed E-state index contributed by atoms with van der Waals surface area (Å²) in [5.74, 6) is 0.667. The molecule has 1 heterocycles. The van der Waals surface area contributed by atoms with Crippen molar-refractivity contribution < 1.29 is 9.13 Å². The first-order valence-corrected chi connectivity index (χ1v) is 7.42. The first kappa shape index (κ1) is 15.3. The normalized spacial score (nSPS) is 23.8. The van der Waals surface area contributed by atoms with Crippen molar-refractivity contribution in [1.29, 1.82) is 0 Å². The summed E-state index contributed by atoms with van der Waals surface area (Å²) >= 11 is 0. The summed E-state index contributed by atoms with van der Waals surface area (Å²) in [5.41, 5.74) is 1.01. The van der Waals surface area contributed by atoms with E-state index in [-0.39, 0.29) is 5.82 Å². The van der Waals surface area contributed by atoms with Gasteiger partial charge in [0.15, 0.2) is 11.6 Å². The largest absolute Gasteiger partial charge is 0.494 e. The van der Waals surface area contributed by atoms with E-state index in [1.165, 1.54) is 7.11 Å². The number of ether oxygens (including phenoxy) is 1. The van der Waals surface area contributed by atoms with E-state index < -0.39 is 0 Å². The number of rotatable bonds is 5. The van der Waals surface area contributed by atoms with Gasteiger partial charge in [0.2, 0.25) is 0 Å². The average molecular weight is 280 g/mol. The van der Waals surface area contributed by atoms with E-state index in [0.717, 1.165) is 38.2 Å². The van der Waals surface area contributed by atoms with E-state index in [0.29, 0.717) is 17.7 Å². The summed E-state index contributed by atoms with van der Waals surface area (Å²) in [5, 5.41) is 3.54. The van der Waals surface area contributed by atoms with Crippen molar-refractivity contribution in [3.8, 4) is 5.75 Å². The van der Waals surface area contributed by atoms with Crippen LogP contribution in [-0.2, 0) is 6.54 Å². The van der Waals surface area contributed by atoms with Crippen LogP contribution in [0.15, 0.2) is 18.2 Å². The molecule has 1 aromatic rings. The molecule has 3 nitrogen and oxygen atoms in total. The zero-order valence-electron chi connectivity index (χ0n) is 12.7. The van der Waals surface area contributed by atoms with Crippen LogP contribution in [0.5, 0.6) is 5.75 Å². The minimum Gasteiger partial charge on any atom is -0.494 e. The molecular weight excluding hydrogens is 255 g/mol. The van der Waals surface area contributed by atoms with Gasteiger partial charge in [-0.25, -0.2) is 4.39 Å². The zero-order valence-corrected chi connectivity index (χ0v) is 12.7. The van der Waals surface area contributed by atoms with Crippen molar-refractivity contribution in [3.05, 3.63) is 29.6 Å². The summed E-state index contributed by atoms with van der Waals surface area (Å²) in [6.07, 6.45) is 1.16. The Labute approximate surface area is 121 Å². The number of hydrogen-bond donors (Lipinski definition) is 1. The molecule has 0 aliphatic carbocycles. The number of benzene rings is 1. The maximum absolute atomic E-state index is 13.7. The van der Waals surface area contributed by atoms with Gasteiger partial charge in [0.25, 0.3) is 0 Å². The van der Waals surface area contributed by atoms with E-state index in [1.54, 1.807) is 12.1 Å². The van der Waals surface area contributed by atoms with Crippen molar-refractivity contribution in [1.82, 2.24) is 10.2 Å². The van der Waals surface area contributed by atoms with Gasteiger partial charge in [0, 0.05) is 19.1 Å². The predicted molar refractivity (Wildman–Crippen MR) is 79.5 cm³/mol. The number of nitrogens with one attached hydrogen (secondary N) is 1. The minimum absolute atomic E-state index is 0.277. The van der Waals surface area contributed by atoms with Crippen LogP contribution in [0.2, 0.25) is 0 Å². The molecule has 112 valence electrons. The number of nitrogens with zero attached hydrogens (tertiary/aromatic N) is 1. The molecule has 1 N–H and O–H groups in total. The van der Waals surface area contributed by atoms with Crippen LogP contribution in [0.4, 0.5) is 4.39 Å². The van der Waals surface area contributed by atoms with Crippen LogP contribution in [0.25, 0.3) is 0 Å². The third-order valence-corrected chi connectivity index (χ3v) is 4.08. The molecule has 0 saturated carbocycles. The fourth-order valence-corrected chi connectivity index (χ4v) is 3.01. The number of methoxy groups -OCH3 is 1. The van der Waals surface area contributed by atoms with Gasteiger partial charge in [-0.15, -0.1) is 0 Å². The fourth-order valence-electron chi connectivity index (χ4n) is 3.01. The van der Waals surface area contributed by atoms with E-state index in [9.17, 15) is 4.39 Å². The second kappa shape index (κ2) is 7.04. The van der Waals surface area contributed by atoms with Gasteiger partial charge in [-0.3, -0.25) is 4.90 Å². The minimum atomic E-state index is -0.277. The smallest absolute Gasteiger partial charge is 0.165 e. The second-order valence-electron chi connectivity index (χ2n) is 5.63. The lowest BCUT2D eigenvalue weighted by atomic mass is 9.93. The van der Waals surface area contributed by atoms with Crippen LogP contribution in [0.3, 0.4) is 0 Å². The van der Waals surface area contributed by atoms with Gasteiger partial charge in [-0.2, -0.15) is 0 Å². The van der Waals surface area contributed by atoms with Gasteiger partial charge in [0.05, 0.1) is 7.11 Å². The summed E-state index contributed by atoms with van der Waals surface area (Å²) < 4.78 is 18.6. The first-order chi connectivity index (χ1) is 9.63. The van der Waals surface area contributed by atoms with Crippen LogP contribution in [0.1, 0.15) is 25.8 Å². The van der Waals surface area contributed by atoms with E-state index in [2.05, 4.69) is 24.1 Å². The van der Waals surface area contributed by atoms with Crippen molar-refractivity contribution in [2.75, 3.05) is 26.7 Å². The lowest BCUT2D eigenvalue weighted by Gasteiger charge is -2.37. The maximum atomic E-state index is 13.7. The molecule has 2 unspecified atom stereocenters. The summed E-state index contributed by atoms with van der Waals surface area (Å²) in [4.78, 5) is 2.40. The van der Waals surface area contributed by atoms with Gasteiger partial charge >= 0.3 is 0 Å². The molecule has 1 aromatic carbocycles. The molecule has 1 aliphatic heterocycles. The molecular formula is C16H25FN2O. The molecule has 0 radical (unpaired) electrons. The van der Waals surface area contributed by atoms with Gasteiger partial charge in [0.1, 0.15) is 0 Å². The summed E-state index contributed by atoms with van der Waals surface area (Å²) in [6.45, 7) is 8.40. The van der Waals surface area contributed by atoms with Crippen LogP contribution < -0.4 is 10.1 Å². The number of halogens is 1. The molecule has 1 saturated heterocycles. The number of likely N-dealkylation sites (tertiary alicyclic amines) is 1. The highest BCUT2D eigenvalue weighted by Gasteiger charge is 2.25. The lowest BCUT2D eigenvalue weighted by Crippen LogP contribution is -2.47. The van der Waals surface area contributed by atoms with E-state index in [4.69, 9.17) is 4.74 Å². The molecule has 0 amide bonds. The lowest BCUT2D eigenvalue weighted by molar-refractivity contribution is 0.142. The summed E-state index contributed by atoms with van der Waals surface area (Å²) in [6, 6.07) is 5.85. The van der Waals surface area contributed by atoms with Crippen LogP contribution >= 0.6 is 0 Å². The molecule has 0 spiro atoms.